The van der Waals surface area contributed by atoms with Crippen molar-refractivity contribution in [2.75, 3.05) is 0 Å². The number of benzene rings is 2. The predicted molar refractivity (Wildman–Crippen MR) is 73.5 cm³/mol. The van der Waals surface area contributed by atoms with E-state index in [0.717, 1.165) is 15.6 Å². The van der Waals surface area contributed by atoms with Gasteiger partial charge in [-0.2, -0.15) is 0 Å². The smallest absolute Gasteiger partial charge is 0.127 e. The van der Waals surface area contributed by atoms with E-state index in [9.17, 15) is 9.50 Å². The standard InChI is InChI=1S/C15H12BrFO2/c16-10-4-5-14-12(7-10)13(18)8-15(19-14)9-2-1-3-11(17)6-9/h1-7,13,15,18H,8H2/t13-,15?/m1/s1. The summed E-state index contributed by atoms with van der Waals surface area (Å²) < 4.78 is 20.0. The van der Waals surface area contributed by atoms with Gasteiger partial charge in [-0.1, -0.05) is 28.1 Å². The zero-order valence-electron chi connectivity index (χ0n) is 10.0. The van der Waals surface area contributed by atoms with Gasteiger partial charge in [0.05, 0.1) is 6.10 Å². The fourth-order valence-electron chi connectivity index (χ4n) is 2.33. The Morgan fingerprint density at radius 1 is 1.21 bits per heavy atom. The van der Waals surface area contributed by atoms with Gasteiger partial charge in [-0.25, -0.2) is 4.39 Å². The van der Waals surface area contributed by atoms with Gasteiger partial charge in [-0.15, -0.1) is 0 Å². The highest BCUT2D eigenvalue weighted by Gasteiger charge is 2.28. The van der Waals surface area contributed by atoms with Crippen LogP contribution in [0.3, 0.4) is 0 Å². The van der Waals surface area contributed by atoms with Crippen LogP contribution in [0.15, 0.2) is 46.9 Å². The van der Waals surface area contributed by atoms with E-state index >= 15 is 0 Å². The highest BCUT2D eigenvalue weighted by molar-refractivity contribution is 9.10. The van der Waals surface area contributed by atoms with Gasteiger partial charge in [0.25, 0.3) is 0 Å². The van der Waals surface area contributed by atoms with E-state index in [-0.39, 0.29) is 11.9 Å². The average Bonchev–Trinajstić information content (AvgIpc) is 2.39. The van der Waals surface area contributed by atoms with Crippen LogP contribution in [-0.2, 0) is 0 Å². The van der Waals surface area contributed by atoms with Crippen LogP contribution in [0.25, 0.3) is 0 Å². The second kappa shape index (κ2) is 4.94. The SMILES string of the molecule is O[C@@H]1CC(c2cccc(F)c2)Oc2ccc(Br)cc21. The van der Waals surface area contributed by atoms with Crippen LogP contribution in [0.4, 0.5) is 4.39 Å². The lowest BCUT2D eigenvalue weighted by molar-refractivity contribution is 0.0655. The largest absolute Gasteiger partial charge is 0.485 e. The van der Waals surface area contributed by atoms with Crippen LogP contribution in [-0.4, -0.2) is 5.11 Å². The van der Waals surface area contributed by atoms with Crippen LogP contribution < -0.4 is 4.74 Å². The third-order valence-corrected chi connectivity index (χ3v) is 3.75. The first-order chi connectivity index (χ1) is 9.13. The summed E-state index contributed by atoms with van der Waals surface area (Å²) in [6.07, 6.45) is -0.499. The van der Waals surface area contributed by atoms with Crippen LogP contribution in [0.2, 0.25) is 0 Å². The summed E-state index contributed by atoms with van der Waals surface area (Å²) in [4.78, 5) is 0. The monoisotopic (exact) mass is 322 g/mol. The van der Waals surface area contributed by atoms with Gasteiger partial charge in [-0.3, -0.25) is 0 Å². The first-order valence-electron chi connectivity index (χ1n) is 6.03. The first kappa shape index (κ1) is 12.6. The summed E-state index contributed by atoms with van der Waals surface area (Å²) in [5.74, 6) is 0.355. The Morgan fingerprint density at radius 2 is 2.05 bits per heavy atom. The molecule has 0 aliphatic carbocycles. The lowest BCUT2D eigenvalue weighted by Crippen LogP contribution is -2.19. The van der Waals surface area contributed by atoms with Gasteiger partial charge < -0.3 is 9.84 Å². The molecule has 0 saturated heterocycles. The molecule has 98 valence electrons. The Hall–Kier alpha value is -1.39. The number of hydrogen-bond acceptors (Lipinski definition) is 2. The van der Waals surface area contributed by atoms with Crippen molar-refractivity contribution < 1.29 is 14.2 Å². The summed E-state index contributed by atoms with van der Waals surface area (Å²) in [6.45, 7) is 0. The maximum atomic E-state index is 13.2. The molecular formula is C15H12BrFO2. The first-order valence-corrected chi connectivity index (χ1v) is 6.82. The van der Waals surface area contributed by atoms with Crippen LogP contribution >= 0.6 is 15.9 Å². The van der Waals surface area contributed by atoms with Crippen molar-refractivity contribution >= 4 is 15.9 Å². The van der Waals surface area contributed by atoms with E-state index in [1.54, 1.807) is 6.07 Å². The molecule has 2 aromatic rings. The quantitative estimate of drug-likeness (QED) is 0.854. The van der Waals surface area contributed by atoms with E-state index in [1.165, 1.54) is 12.1 Å². The minimum absolute atomic E-state index is 0.294. The lowest BCUT2D eigenvalue weighted by Gasteiger charge is -2.30. The summed E-state index contributed by atoms with van der Waals surface area (Å²) in [5, 5.41) is 10.2. The van der Waals surface area contributed by atoms with Crippen LogP contribution in [0.1, 0.15) is 29.8 Å². The second-order valence-corrected chi connectivity index (χ2v) is 5.51. The Morgan fingerprint density at radius 3 is 2.84 bits per heavy atom. The van der Waals surface area contributed by atoms with Gasteiger partial charge in [0.15, 0.2) is 0 Å². The molecule has 0 amide bonds. The molecule has 0 bridgehead atoms. The number of rotatable bonds is 1. The molecule has 1 unspecified atom stereocenters. The van der Waals surface area contributed by atoms with E-state index in [2.05, 4.69) is 15.9 Å². The molecule has 4 heteroatoms. The predicted octanol–water partition coefficient (Wildman–Crippen LogP) is 4.15. The molecule has 0 radical (unpaired) electrons. The van der Waals surface area contributed by atoms with E-state index in [1.807, 2.05) is 24.3 Å². The van der Waals surface area contributed by atoms with Gasteiger partial charge >= 0.3 is 0 Å². The van der Waals surface area contributed by atoms with Crippen molar-refractivity contribution in [3.63, 3.8) is 0 Å². The van der Waals surface area contributed by atoms with Crippen molar-refractivity contribution in [2.45, 2.75) is 18.6 Å². The molecule has 0 fully saturated rings. The Balaban J connectivity index is 1.95. The minimum atomic E-state index is -0.602. The molecular weight excluding hydrogens is 311 g/mol. The van der Waals surface area contributed by atoms with Crippen molar-refractivity contribution in [2.24, 2.45) is 0 Å². The number of aliphatic hydroxyl groups is 1. The Kier molecular flexibility index (Phi) is 3.29. The molecule has 1 aliphatic rings. The number of halogens is 2. The third kappa shape index (κ3) is 2.51. The number of aliphatic hydroxyl groups excluding tert-OH is 1. The van der Waals surface area contributed by atoms with Gasteiger partial charge in [0.2, 0.25) is 0 Å². The summed E-state index contributed by atoms with van der Waals surface area (Å²) in [6, 6.07) is 11.8. The maximum Gasteiger partial charge on any atom is 0.127 e. The minimum Gasteiger partial charge on any atom is -0.485 e. The normalized spacial score (nSPS) is 21.6. The number of ether oxygens (including phenoxy) is 1. The molecule has 2 aromatic carbocycles. The zero-order valence-corrected chi connectivity index (χ0v) is 11.6. The molecule has 0 aromatic heterocycles. The maximum absolute atomic E-state index is 13.2. The summed E-state index contributed by atoms with van der Waals surface area (Å²) in [5.41, 5.74) is 1.51. The van der Waals surface area contributed by atoms with Crippen LogP contribution in [0, 0.1) is 5.82 Å². The number of hydrogen-bond donors (Lipinski definition) is 1. The molecule has 19 heavy (non-hydrogen) atoms. The van der Waals surface area contributed by atoms with E-state index < -0.39 is 6.10 Å². The molecule has 1 heterocycles. The zero-order chi connectivity index (χ0) is 13.4. The summed E-state index contributed by atoms with van der Waals surface area (Å²) >= 11 is 3.37. The topological polar surface area (TPSA) is 29.5 Å². The van der Waals surface area contributed by atoms with Crippen molar-refractivity contribution in [3.8, 4) is 5.75 Å². The fraction of sp³-hybridized carbons (Fsp3) is 0.200. The van der Waals surface area contributed by atoms with E-state index in [0.29, 0.717) is 12.2 Å². The van der Waals surface area contributed by atoms with Crippen molar-refractivity contribution in [3.05, 3.63) is 63.9 Å². The highest BCUT2D eigenvalue weighted by atomic mass is 79.9. The lowest BCUT2D eigenvalue weighted by atomic mass is 9.95. The Labute approximate surface area is 119 Å². The highest BCUT2D eigenvalue weighted by Crippen LogP contribution is 2.41. The van der Waals surface area contributed by atoms with Crippen molar-refractivity contribution in [1.29, 1.82) is 0 Å². The van der Waals surface area contributed by atoms with Crippen LogP contribution in [0.5, 0.6) is 5.75 Å². The molecule has 1 N–H and O–H groups in total. The molecule has 1 aliphatic heterocycles. The van der Waals surface area contributed by atoms with Gasteiger partial charge in [0, 0.05) is 16.5 Å². The van der Waals surface area contributed by atoms with Gasteiger partial charge in [-0.05, 0) is 35.9 Å². The molecule has 0 spiro atoms. The van der Waals surface area contributed by atoms with Crippen molar-refractivity contribution in [1.82, 2.24) is 0 Å². The second-order valence-electron chi connectivity index (χ2n) is 4.60. The van der Waals surface area contributed by atoms with E-state index in [4.69, 9.17) is 4.74 Å². The molecule has 3 rings (SSSR count). The molecule has 2 atom stereocenters. The number of fused-ring (bicyclic) bond motifs is 1. The average molecular weight is 323 g/mol. The molecule has 0 saturated carbocycles. The molecule has 2 nitrogen and oxygen atoms in total. The third-order valence-electron chi connectivity index (χ3n) is 3.26. The Bertz CT molecular complexity index is 615. The fourth-order valence-corrected chi connectivity index (χ4v) is 2.71. The van der Waals surface area contributed by atoms with Gasteiger partial charge in [0.1, 0.15) is 17.7 Å². The summed E-state index contributed by atoms with van der Waals surface area (Å²) in [7, 11) is 0.